The first-order valence-electron chi connectivity index (χ1n) is 2.82. The molecular formula is C7H9NO3. The maximum atomic E-state index is 10.8. The van der Waals surface area contributed by atoms with E-state index in [1.54, 1.807) is 0 Å². The van der Waals surface area contributed by atoms with Gasteiger partial charge in [-0.05, 0) is 6.20 Å². The van der Waals surface area contributed by atoms with Crippen molar-refractivity contribution >= 4 is 11.9 Å². The maximum Gasteiger partial charge on any atom is 0.342 e. The Bertz CT molecular complexity index is 208. The minimum atomic E-state index is -0.746. The molecule has 0 bridgehead atoms. The fourth-order valence-corrected chi connectivity index (χ4v) is 0.396. The van der Waals surface area contributed by atoms with Gasteiger partial charge in [0, 0.05) is 0 Å². The van der Waals surface area contributed by atoms with Crippen LogP contribution >= 0.6 is 0 Å². The van der Waals surface area contributed by atoms with E-state index >= 15 is 0 Å². The molecule has 0 aromatic carbocycles. The molecule has 0 heterocycles. The number of nitrogens with one attached hydrogen (secondary N) is 1. The molecule has 0 atom stereocenters. The van der Waals surface area contributed by atoms with Gasteiger partial charge in [0.25, 0.3) is 5.91 Å². The second kappa shape index (κ2) is 4.27. The minimum absolute atomic E-state index is 0.243. The van der Waals surface area contributed by atoms with Gasteiger partial charge in [-0.1, -0.05) is 13.2 Å². The summed E-state index contributed by atoms with van der Waals surface area (Å²) in [5, 5.41) is 2.19. The van der Waals surface area contributed by atoms with Crippen LogP contribution < -0.4 is 5.32 Å². The van der Waals surface area contributed by atoms with Crippen molar-refractivity contribution < 1.29 is 14.3 Å². The summed E-state index contributed by atoms with van der Waals surface area (Å²) in [6, 6.07) is 0. The van der Waals surface area contributed by atoms with Crippen molar-refractivity contribution in [3.63, 3.8) is 0 Å². The number of carbonyl (C=O) groups is 2. The summed E-state index contributed by atoms with van der Waals surface area (Å²) < 4.78 is 4.25. The second-order valence-electron chi connectivity index (χ2n) is 1.65. The molecule has 60 valence electrons. The van der Waals surface area contributed by atoms with E-state index in [-0.39, 0.29) is 5.57 Å². The van der Waals surface area contributed by atoms with Crippen molar-refractivity contribution in [1.82, 2.24) is 5.32 Å². The first-order valence-corrected chi connectivity index (χ1v) is 2.82. The van der Waals surface area contributed by atoms with Crippen LogP contribution in [0.4, 0.5) is 0 Å². The van der Waals surface area contributed by atoms with Gasteiger partial charge in [-0.15, -0.1) is 0 Å². The van der Waals surface area contributed by atoms with Crippen LogP contribution in [0.2, 0.25) is 0 Å². The standard InChI is InChI=1S/C7H9NO3/c1-4-8-6(9)5(2)7(10)11-3/h4H,1-2H2,3H3,(H,8,9). The zero-order valence-corrected chi connectivity index (χ0v) is 6.22. The Kier molecular flexibility index (Phi) is 3.66. The molecule has 0 unspecified atom stereocenters. The van der Waals surface area contributed by atoms with E-state index in [9.17, 15) is 9.59 Å². The highest BCUT2D eigenvalue weighted by Crippen LogP contribution is 1.92. The summed E-state index contributed by atoms with van der Waals surface area (Å²) in [5.41, 5.74) is -0.243. The number of esters is 1. The summed E-state index contributed by atoms with van der Waals surface area (Å²) in [4.78, 5) is 21.4. The molecule has 0 aliphatic carbocycles. The third-order valence-electron chi connectivity index (χ3n) is 0.939. The third-order valence-corrected chi connectivity index (χ3v) is 0.939. The monoisotopic (exact) mass is 155 g/mol. The number of hydrogen-bond donors (Lipinski definition) is 1. The molecule has 0 fully saturated rings. The minimum Gasteiger partial charge on any atom is -0.465 e. The highest BCUT2D eigenvalue weighted by Gasteiger charge is 2.13. The van der Waals surface area contributed by atoms with Gasteiger partial charge in [-0.2, -0.15) is 0 Å². The Balaban J connectivity index is 4.13. The summed E-state index contributed by atoms with van der Waals surface area (Å²) in [6.45, 7) is 6.45. The van der Waals surface area contributed by atoms with Crippen molar-refractivity contribution in [3.05, 3.63) is 24.9 Å². The number of ether oxygens (including phenoxy) is 1. The first-order chi connectivity index (χ1) is 5.13. The van der Waals surface area contributed by atoms with Crippen molar-refractivity contribution in [2.45, 2.75) is 0 Å². The Morgan fingerprint density at radius 1 is 1.55 bits per heavy atom. The van der Waals surface area contributed by atoms with Crippen molar-refractivity contribution in [2.24, 2.45) is 0 Å². The van der Waals surface area contributed by atoms with Crippen molar-refractivity contribution in [1.29, 1.82) is 0 Å². The molecule has 4 nitrogen and oxygen atoms in total. The van der Waals surface area contributed by atoms with E-state index in [0.717, 1.165) is 6.20 Å². The molecule has 0 saturated carbocycles. The molecule has 0 aliphatic rings. The average Bonchev–Trinajstić information content (AvgIpc) is 2.02. The number of carbonyl (C=O) groups excluding carboxylic acids is 2. The molecule has 0 saturated heterocycles. The van der Waals surface area contributed by atoms with E-state index in [1.807, 2.05) is 0 Å². The second-order valence-corrected chi connectivity index (χ2v) is 1.65. The topological polar surface area (TPSA) is 55.4 Å². The molecule has 1 N–H and O–H groups in total. The van der Waals surface area contributed by atoms with E-state index in [2.05, 4.69) is 23.2 Å². The predicted octanol–water partition coefficient (Wildman–Crippen LogP) is -0.0247. The van der Waals surface area contributed by atoms with Gasteiger partial charge in [0.1, 0.15) is 5.57 Å². The summed E-state index contributed by atoms with van der Waals surface area (Å²) in [7, 11) is 1.18. The normalized spacial score (nSPS) is 8.09. The quantitative estimate of drug-likeness (QED) is 0.269. The van der Waals surface area contributed by atoms with Gasteiger partial charge >= 0.3 is 5.97 Å². The first kappa shape index (κ1) is 9.42. The fourth-order valence-electron chi connectivity index (χ4n) is 0.396. The Labute approximate surface area is 64.5 Å². The third kappa shape index (κ3) is 2.66. The number of rotatable bonds is 3. The summed E-state index contributed by atoms with van der Waals surface area (Å²) in [6.07, 6.45) is 1.16. The highest BCUT2D eigenvalue weighted by atomic mass is 16.5. The molecule has 0 aromatic heterocycles. The van der Waals surface area contributed by atoms with Crippen molar-refractivity contribution in [3.8, 4) is 0 Å². The SMILES string of the molecule is C=CNC(=O)C(=C)C(=O)OC. The lowest BCUT2D eigenvalue weighted by Crippen LogP contribution is -2.23. The predicted molar refractivity (Wildman–Crippen MR) is 39.5 cm³/mol. The molecule has 11 heavy (non-hydrogen) atoms. The maximum absolute atomic E-state index is 10.8. The van der Waals surface area contributed by atoms with Gasteiger partial charge in [0.15, 0.2) is 0 Å². The number of methoxy groups -OCH3 is 1. The van der Waals surface area contributed by atoms with Crippen LogP contribution in [0.15, 0.2) is 24.9 Å². The van der Waals surface area contributed by atoms with E-state index in [1.165, 1.54) is 7.11 Å². The number of amides is 1. The van der Waals surface area contributed by atoms with Crippen LogP contribution in [0, 0.1) is 0 Å². The molecule has 4 heteroatoms. The van der Waals surface area contributed by atoms with Gasteiger partial charge in [0.2, 0.25) is 0 Å². The Morgan fingerprint density at radius 3 is 2.45 bits per heavy atom. The molecular weight excluding hydrogens is 146 g/mol. The van der Waals surface area contributed by atoms with Gasteiger partial charge in [0.05, 0.1) is 7.11 Å². The van der Waals surface area contributed by atoms with Crippen molar-refractivity contribution in [2.75, 3.05) is 7.11 Å². The Hall–Kier alpha value is -1.58. The molecule has 0 aliphatic heterocycles. The molecule has 0 aromatic rings. The highest BCUT2D eigenvalue weighted by molar-refractivity contribution is 6.15. The van der Waals surface area contributed by atoms with Gasteiger partial charge in [-0.3, -0.25) is 4.79 Å². The number of hydrogen-bond acceptors (Lipinski definition) is 3. The van der Waals surface area contributed by atoms with Crippen LogP contribution in [0.1, 0.15) is 0 Å². The molecule has 1 amide bonds. The van der Waals surface area contributed by atoms with Crippen LogP contribution in [0.3, 0.4) is 0 Å². The van der Waals surface area contributed by atoms with Crippen LogP contribution in [0.5, 0.6) is 0 Å². The van der Waals surface area contributed by atoms with Crippen LogP contribution in [0.25, 0.3) is 0 Å². The average molecular weight is 155 g/mol. The van der Waals surface area contributed by atoms with Crippen LogP contribution in [-0.2, 0) is 14.3 Å². The summed E-state index contributed by atoms with van der Waals surface area (Å²) in [5.74, 6) is -1.35. The lowest BCUT2D eigenvalue weighted by molar-refractivity contribution is -0.137. The fraction of sp³-hybridized carbons (Fsp3) is 0.143. The molecule has 0 radical (unpaired) electrons. The van der Waals surface area contributed by atoms with E-state index < -0.39 is 11.9 Å². The largest absolute Gasteiger partial charge is 0.465 e. The zero-order chi connectivity index (χ0) is 8.85. The van der Waals surface area contributed by atoms with E-state index in [0.29, 0.717) is 0 Å². The lowest BCUT2D eigenvalue weighted by Gasteiger charge is -2.00. The lowest BCUT2D eigenvalue weighted by atomic mass is 10.3. The zero-order valence-electron chi connectivity index (χ0n) is 6.22. The summed E-state index contributed by atoms with van der Waals surface area (Å²) >= 11 is 0. The van der Waals surface area contributed by atoms with Gasteiger partial charge in [-0.25, -0.2) is 4.79 Å². The Morgan fingerprint density at radius 2 is 2.09 bits per heavy atom. The van der Waals surface area contributed by atoms with Gasteiger partial charge < -0.3 is 10.1 Å². The molecule has 0 rings (SSSR count). The molecule has 0 spiro atoms. The smallest absolute Gasteiger partial charge is 0.342 e. The van der Waals surface area contributed by atoms with Crippen LogP contribution in [-0.4, -0.2) is 19.0 Å². The van der Waals surface area contributed by atoms with E-state index in [4.69, 9.17) is 0 Å².